The zero-order valence-electron chi connectivity index (χ0n) is 12.1. The first-order chi connectivity index (χ1) is 10.3. The minimum Gasteiger partial charge on any atom is -0.396 e. The van der Waals surface area contributed by atoms with Crippen LogP contribution in [0.15, 0.2) is 6.20 Å². The molecule has 2 aliphatic rings. The van der Waals surface area contributed by atoms with Crippen molar-refractivity contribution in [1.29, 1.82) is 0 Å². The highest BCUT2D eigenvalue weighted by molar-refractivity contribution is 5.76. The molecule has 1 aliphatic heterocycles. The van der Waals surface area contributed by atoms with Gasteiger partial charge in [0.05, 0.1) is 24.9 Å². The molecule has 1 N–H and O–H groups in total. The Hall–Kier alpha value is -1.47. The Labute approximate surface area is 123 Å². The fourth-order valence-corrected chi connectivity index (χ4v) is 2.82. The van der Waals surface area contributed by atoms with Gasteiger partial charge in [-0.25, -0.2) is 4.68 Å². The third-order valence-electron chi connectivity index (χ3n) is 4.13. The zero-order valence-corrected chi connectivity index (χ0v) is 12.1. The molecule has 7 heteroatoms. The van der Waals surface area contributed by atoms with Gasteiger partial charge in [0.2, 0.25) is 5.91 Å². The van der Waals surface area contributed by atoms with E-state index in [0.29, 0.717) is 38.5 Å². The van der Waals surface area contributed by atoms with Crippen molar-refractivity contribution in [3.05, 3.63) is 11.9 Å². The standard InChI is InChI=1S/C14H22N4O3/c19-6-1-2-12-8-17(16-15-12)9-14(20)18-5-7-21-10-13(18)11-3-4-11/h8,11,13,19H,1-7,9-10H2. The van der Waals surface area contributed by atoms with Crippen molar-refractivity contribution in [3.8, 4) is 0 Å². The Bertz CT molecular complexity index is 486. The molecule has 1 unspecified atom stereocenters. The van der Waals surface area contributed by atoms with Crippen molar-refractivity contribution < 1.29 is 14.6 Å². The number of amides is 1. The molecule has 0 radical (unpaired) electrons. The van der Waals surface area contributed by atoms with Gasteiger partial charge in [-0.1, -0.05) is 5.21 Å². The first-order valence-corrected chi connectivity index (χ1v) is 7.65. The van der Waals surface area contributed by atoms with Gasteiger partial charge in [0.1, 0.15) is 6.54 Å². The van der Waals surface area contributed by atoms with Gasteiger partial charge in [-0.15, -0.1) is 5.10 Å². The van der Waals surface area contributed by atoms with Gasteiger partial charge in [-0.3, -0.25) is 4.79 Å². The summed E-state index contributed by atoms with van der Waals surface area (Å²) >= 11 is 0. The second-order valence-corrected chi connectivity index (χ2v) is 5.80. The summed E-state index contributed by atoms with van der Waals surface area (Å²) in [6.07, 6.45) is 5.55. The van der Waals surface area contributed by atoms with Crippen LogP contribution in [0.4, 0.5) is 0 Å². The van der Waals surface area contributed by atoms with Crippen LogP contribution in [-0.2, 0) is 22.5 Å². The predicted molar refractivity (Wildman–Crippen MR) is 74.5 cm³/mol. The molecule has 0 spiro atoms. The average Bonchev–Trinajstić information content (AvgIpc) is 3.26. The Morgan fingerprint density at radius 3 is 3.10 bits per heavy atom. The van der Waals surface area contributed by atoms with E-state index >= 15 is 0 Å². The summed E-state index contributed by atoms with van der Waals surface area (Å²) in [5, 5.41) is 16.8. The molecule has 1 aliphatic carbocycles. The van der Waals surface area contributed by atoms with Crippen molar-refractivity contribution in [1.82, 2.24) is 19.9 Å². The number of ether oxygens (including phenoxy) is 1. The monoisotopic (exact) mass is 294 g/mol. The Balaban J connectivity index is 1.58. The van der Waals surface area contributed by atoms with Crippen LogP contribution in [0.5, 0.6) is 0 Å². The van der Waals surface area contributed by atoms with Gasteiger partial charge in [-0.2, -0.15) is 0 Å². The summed E-state index contributed by atoms with van der Waals surface area (Å²) in [6.45, 7) is 2.33. The van der Waals surface area contributed by atoms with Crippen LogP contribution in [-0.4, -0.2) is 63.3 Å². The number of aromatic nitrogens is 3. The van der Waals surface area contributed by atoms with Crippen molar-refractivity contribution in [3.63, 3.8) is 0 Å². The molecule has 2 heterocycles. The largest absolute Gasteiger partial charge is 0.396 e. The van der Waals surface area contributed by atoms with E-state index in [4.69, 9.17) is 9.84 Å². The molecule has 1 atom stereocenters. The fourth-order valence-electron chi connectivity index (χ4n) is 2.82. The van der Waals surface area contributed by atoms with Gasteiger partial charge in [0, 0.05) is 19.3 Å². The first-order valence-electron chi connectivity index (χ1n) is 7.65. The zero-order chi connectivity index (χ0) is 14.7. The van der Waals surface area contributed by atoms with E-state index in [0.717, 1.165) is 5.69 Å². The third-order valence-corrected chi connectivity index (χ3v) is 4.13. The average molecular weight is 294 g/mol. The maximum Gasteiger partial charge on any atom is 0.244 e. The van der Waals surface area contributed by atoms with Crippen molar-refractivity contribution in [2.45, 2.75) is 38.3 Å². The topological polar surface area (TPSA) is 80.5 Å². The number of carbonyl (C=O) groups excluding carboxylic acids is 1. The van der Waals surface area contributed by atoms with Crippen molar-refractivity contribution in [2.75, 3.05) is 26.4 Å². The van der Waals surface area contributed by atoms with E-state index < -0.39 is 0 Å². The van der Waals surface area contributed by atoms with Crippen molar-refractivity contribution in [2.24, 2.45) is 5.92 Å². The molecule has 21 heavy (non-hydrogen) atoms. The van der Waals surface area contributed by atoms with Crippen LogP contribution < -0.4 is 0 Å². The molecule has 2 fully saturated rings. The molecule has 7 nitrogen and oxygen atoms in total. The number of nitrogens with zero attached hydrogens (tertiary/aromatic N) is 4. The maximum absolute atomic E-state index is 12.5. The summed E-state index contributed by atoms with van der Waals surface area (Å²) in [7, 11) is 0. The first kappa shape index (κ1) is 14.5. The number of hydrogen-bond donors (Lipinski definition) is 1. The molecular formula is C14H22N4O3. The Morgan fingerprint density at radius 2 is 2.33 bits per heavy atom. The number of carbonyl (C=O) groups is 1. The number of aryl methyl sites for hydroxylation is 1. The molecule has 1 saturated carbocycles. The van der Waals surface area contributed by atoms with Gasteiger partial charge >= 0.3 is 0 Å². The highest BCUT2D eigenvalue weighted by Gasteiger charge is 2.39. The molecule has 1 aromatic heterocycles. The summed E-state index contributed by atoms with van der Waals surface area (Å²) in [5.41, 5.74) is 0.817. The normalized spacial score (nSPS) is 22.5. The summed E-state index contributed by atoms with van der Waals surface area (Å²) in [5.74, 6) is 0.707. The lowest BCUT2D eigenvalue weighted by Gasteiger charge is -2.35. The molecular weight excluding hydrogens is 272 g/mol. The van der Waals surface area contributed by atoms with E-state index in [9.17, 15) is 4.79 Å². The van der Waals surface area contributed by atoms with Gasteiger partial charge in [0.15, 0.2) is 0 Å². The van der Waals surface area contributed by atoms with Crippen LogP contribution in [0, 0.1) is 5.92 Å². The van der Waals surface area contributed by atoms with E-state index in [2.05, 4.69) is 10.3 Å². The number of rotatable bonds is 6. The molecule has 116 valence electrons. The second-order valence-electron chi connectivity index (χ2n) is 5.80. The summed E-state index contributed by atoms with van der Waals surface area (Å²) < 4.78 is 7.10. The van der Waals surface area contributed by atoms with E-state index in [-0.39, 0.29) is 25.1 Å². The molecule has 1 amide bonds. The SMILES string of the molecule is O=C(Cn1cc(CCCO)nn1)N1CCOCC1C1CC1. The smallest absolute Gasteiger partial charge is 0.244 e. The summed E-state index contributed by atoms with van der Waals surface area (Å²) in [4.78, 5) is 14.4. The highest BCUT2D eigenvalue weighted by atomic mass is 16.5. The van der Waals surface area contributed by atoms with Crippen LogP contribution >= 0.6 is 0 Å². The maximum atomic E-state index is 12.5. The lowest BCUT2D eigenvalue weighted by molar-refractivity contribution is -0.141. The van der Waals surface area contributed by atoms with E-state index in [1.807, 2.05) is 4.90 Å². The fraction of sp³-hybridized carbons (Fsp3) is 0.786. The number of hydrogen-bond acceptors (Lipinski definition) is 5. The van der Waals surface area contributed by atoms with Crippen molar-refractivity contribution >= 4 is 5.91 Å². The predicted octanol–water partition coefficient (Wildman–Crippen LogP) is -0.160. The number of aliphatic hydroxyl groups is 1. The minimum atomic E-state index is 0.0915. The highest BCUT2D eigenvalue weighted by Crippen LogP contribution is 2.36. The summed E-state index contributed by atoms with van der Waals surface area (Å²) in [6, 6.07) is 0.239. The van der Waals surface area contributed by atoms with Crippen LogP contribution in [0.3, 0.4) is 0 Å². The molecule has 1 saturated heterocycles. The minimum absolute atomic E-state index is 0.0915. The van der Waals surface area contributed by atoms with Crippen LogP contribution in [0.25, 0.3) is 0 Å². The van der Waals surface area contributed by atoms with E-state index in [1.54, 1.807) is 10.9 Å². The molecule has 3 rings (SSSR count). The van der Waals surface area contributed by atoms with Crippen LogP contribution in [0.2, 0.25) is 0 Å². The van der Waals surface area contributed by atoms with Gasteiger partial charge in [-0.05, 0) is 31.6 Å². The quantitative estimate of drug-likeness (QED) is 0.788. The third kappa shape index (κ3) is 3.59. The number of morpholine rings is 1. The Kier molecular flexibility index (Phi) is 4.50. The molecule has 0 bridgehead atoms. The van der Waals surface area contributed by atoms with E-state index in [1.165, 1.54) is 12.8 Å². The lowest BCUT2D eigenvalue weighted by Crippen LogP contribution is -2.50. The number of aliphatic hydroxyl groups excluding tert-OH is 1. The molecule has 0 aromatic carbocycles. The van der Waals surface area contributed by atoms with Crippen LogP contribution in [0.1, 0.15) is 25.0 Å². The van der Waals surface area contributed by atoms with Gasteiger partial charge in [0.25, 0.3) is 0 Å². The van der Waals surface area contributed by atoms with Gasteiger partial charge < -0.3 is 14.7 Å². The lowest BCUT2D eigenvalue weighted by atomic mass is 10.1. The molecule has 1 aromatic rings. The Morgan fingerprint density at radius 1 is 1.48 bits per heavy atom. The second kappa shape index (κ2) is 6.53.